The first-order valence-electron chi connectivity index (χ1n) is 3.96. The number of sulfone groups is 1. The molecule has 0 bridgehead atoms. The minimum absolute atomic E-state index is 0.0519. The van der Waals surface area contributed by atoms with Crippen molar-refractivity contribution in [1.29, 1.82) is 0 Å². The van der Waals surface area contributed by atoms with Crippen LogP contribution in [0.1, 0.15) is 0 Å². The van der Waals surface area contributed by atoms with Crippen LogP contribution < -0.4 is 0 Å². The van der Waals surface area contributed by atoms with Gasteiger partial charge in [-0.2, -0.15) is 17.2 Å². The number of hydrogen-bond donors (Lipinski definition) is 1. The lowest BCUT2D eigenvalue weighted by Gasteiger charge is -2.10. The van der Waals surface area contributed by atoms with E-state index in [0.29, 0.717) is 12.1 Å². The van der Waals surface area contributed by atoms with Crippen LogP contribution in [0.4, 0.5) is 13.2 Å². The van der Waals surface area contributed by atoms with Crippen molar-refractivity contribution in [3.8, 4) is 0 Å². The minimum atomic E-state index is -5.61. The van der Waals surface area contributed by atoms with Gasteiger partial charge in [0.25, 0.3) is 20.0 Å². The highest BCUT2D eigenvalue weighted by Gasteiger charge is 2.45. The molecule has 18 heavy (non-hydrogen) atoms. The maximum absolute atomic E-state index is 13.1. The van der Waals surface area contributed by atoms with Gasteiger partial charge in [-0.1, -0.05) is 0 Å². The lowest BCUT2D eigenvalue weighted by Crippen LogP contribution is -2.23. The number of hydrogen-bond acceptors (Lipinski definition) is 4. The maximum atomic E-state index is 13.1. The molecular formula is C7H4ClF3O5S2. The number of halogens is 4. The summed E-state index contributed by atoms with van der Waals surface area (Å²) < 4.78 is 85.8. The highest BCUT2D eigenvalue weighted by molar-refractivity contribution is 7.93. The van der Waals surface area contributed by atoms with E-state index >= 15 is 0 Å². The third-order valence-corrected chi connectivity index (χ3v) is 4.76. The number of rotatable bonds is 3. The first kappa shape index (κ1) is 15.2. The highest BCUT2D eigenvalue weighted by atomic mass is 35.5. The van der Waals surface area contributed by atoms with Crippen LogP contribution in [0, 0.1) is 5.82 Å². The molecule has 0 aliphatic carbocycles. The molecule has 0 fully saturated rings. The van der Waals surface area contributed by atoms with Gasteiger partial charge < -0.3 is 0 Å². The third kappa shape index (κ3) is 2.76. The first-order valence-corrected chi connectivity index (χ1v) is 7.26. The third-order valence-electron chi connectivity index (χ3n) is 1.79. The van der Waals surface area contributed by atoms with E-state index in [2.05, 4.69) is 11.6 Å². The molecule has 0 atom stereocenters. The average Bonchev–Trinajstić information content (AvgIpc) is 2.14. The van der Waals surface area contributed by atoms with E-state index in [-0.39, 0.29) is 6.07 Å². The van der Waals surface area contributed by atoms with E-state index < -0.39 is 40.3 Å². The fourth-order valence-corrected chi connectivity index (χ4v) is 2.66. The summed E-state index contributed by atoms with van der Waals surface area (Å²) in [4.78, 5) is -2.68. The molecule has 102 valence electrons. The molecule has 0 unspecified atom stereocenters. The Morgan fingerprint density at radius 3 is 2.06 bits per heavy atom. The van der Waals surface area contributed by atoms with Gasteiger partial charge in [0.2, 0.25) is 0 Å². The molecule has 0 aliphatic rings. The Labute approximate surface area is 105 Å². The Bertz CT molecular complexity index is 678. The summed E-state index contributed by atoms with van der Waals surface area (Å²) >= 11 is 4.30. The van der Waals surface area contributed by atoms with E-state index in [4.69, 9.17) is 4.55 Å². The quantitative estimate of drug-likeness (QED) is 0.674. The zero-order chi connectivity index (χ0) is 14.4. The molecule has 0 heterocycles. The maximum Gasteiger partial charge on any atom is 0.427 e. The molecule has 1 rings (SSSR count). The molecule has 0 aliphatic heterocycles. The van der Waals surface area contributed by atoms with E-state index in [1.165, 1.54) is 0 Å². The van der Waals surface area contributed by atoms with Crippen LogP contribution in [0.5, 0.6) is 0 Å². The Morgan fingerprint density at radius 1 is 1.17 bits per heavy atom. The Kier molecular flexibility index (Phi) is 3.69. The van der Waals surface area contributed by atoms with Gasteiger partial charge in [0.1, 0.15) is 10.7 Å². The monoisotopic (exact) mass is 324 g/mol. The van der Waals surface area contributed by atoms with Crippen LogP contribution >= 0.6 is 11.6 Å². The summed E-state index contributed by atoms with van der Waals surface area (Å²) in [5, 5.41) is 0. The smallest absolute Gasteiger partial charge is 0.282 e. The standard InChI is InChI=1S/C7H4ClF3O5S2/c8-7(10,11)17(12,13)6-3-4(18(14,15)16)1-2-5(6)9/h1-3H,(H,14,15,16). The SMILES string of the molecule is O=S(=O)(O)c1ccc(F)c(S(=O)(=O)C(F)(F)Cl)c1. The van der Waals surface area contributed by atoms with Crippen molar-refractivity contribution in [2.75, 3.05) is 0 Å². The fourth-order valence-electron chi connectivity index (χ4n) is 0.975. The van der Waals surface area contributed by atoms with E-state index in [1.54, 1.807) is 0 Å². The average molecular weight is 325 g/mol. The van der Waals surface area contributed by atoms with Crippen molar-refractivity contribution in [3.05, 3.63) is 24.0 Å². The predicted molar refractivity (Wildman–Crippen MR) is 54.2 cm³/mol. The summed E-state index contributed by atoms with van der Waals surface area (Å²) in [6.45, 7) is 0. The van der Waals surface area contributed by atoms with Crippen molar-refractivity contribution in [1.82, 2.24) is 0 Å². The molecule has 5 nitrogen and oxygen atoms in total. The molecule has 1 N–H and O–H groups in total. The zero-order valence-electron chi connectivity index (χ0n) is 8.14. The predicted octanol–water partition coefficient (Wildman–Crippen LogP) is 1.64. The lowest BCUT2D eigenvalue weighted by atomic mass is 10.3. The largest absolute Gasteiger partial charge is 0.427 e. The normalized spacial score (nSPS) is 13.6. The molecule has 1 aromatic rings. The second-order valence-corrected chi connectivity index (χ2v) is 7.10. The van der Waals surface area contributed by atoms with E-state index in [0.717, 1.165) is 0 Å². The van der Waals surface area contributed by atoms with Crippen molar-refractivity contribution in [2.24, 2.45) is 0 Å². The molecule has 0 spiro atoms. The van der Waals surface area contributed by atoms with Gasteiger partial charge in [-0.15, -0.1) is 0 Å². The highest BCUT2D eigenvalue weighted by Crippen LogP contribution is 2.34. The second-order valence-electron chi connectivity index (χ2n) is 3.02. The first-order chi connectivity index (χ1) is 7.87. The fraction of sp³-hybridized carbons (Fsp3) is 0.143. The number of benzene rings is 1. The van der Waals surface area contributed by atoms with Crippen molar-refractivity contribution >= 4 is 31.6 Å². The van der Waals surface area contributed by atoms with Gasteiger partial charge in [0.15, 0.2) is 0 Å². The topological polar surface area (TPSA) is 88.5 Å². The van der Waals surface area contributed by atoms with Crippen molar-refractivity contribution in [3.63, 3.8) is 0 Å². The Hall–Kier alpha value is -0.840. The summed E-state index contributed by atoms with van der Waals surface area (Å²) in [6, 6.07) is 0.866. The van der Waals surface area contributed by atoms with Gasteiger partial charge in [-0.3, -0.25) is 4.55 Å². The van der Waals surface area contributed by atoms with Crippen LogP contribution in [0.2, 0.25) is 0 Å². The minimum Gasteiger partial charge on any atom is -0.282 e. The zero-order valence-corrected chi connectivity index (χ0v) is 10.5. The van der Waals surface area contributed by atoms with Gasteiger partial charge in [0, 0.05) is 0 Å². The van der Waals surface area contributed by atoms with Crippen molar-refractivity contribution in [2.45, 2.75) is 14.5 Å². The Morgan fingerprint density at radius 2 is 1.67 bits per heavy atom. The molecule has 0 saturated heterocycles. The van der Waals surface area contributed by atoms with Gasteiger partial charge in [0.05, 0.1) is 4.90 Å². The van der Waals surface area contributed by atoms with Gasteiger partial charge in [-0.25, -0.2) is 12.8 Å². The van der Waals surface area contributed by atoms with E-state index in [1.807, 2.05) is 0 Å². The van der Waals surface area contributed by atoms with Crippen LogP contribution in [-0.2, 0) is 20.0 Å². The molecule has 0 radical (unpaired) electrons. The summed E-state index contributed by atoms with van der Waals surface area (Å²) in [5.41, 5.74) is 0. The Balaban J connectivity index is 3.63. The summed E-state index contributed by atoms with van der Waals surface area (Å²) in [5.74, 6) is -1.62. The molecular weight excluding hydrogens is 321 g/mol. The lowest BCUT2D eigenvalue weighted by molar-refractivity contribution is 0.186. The van der Waals surface area contributed by atoms with Crippen LogP contribution in [0.15, 0.2) is 28.0 Å². The van der Waals surface area contributed by atoms with E-state index in [9.17, 15) is 30.0 Å². The second kappa shape index (κ2) is 4.37. The van der Waals surface area contributed by atoms with Crippen LogP contribution in [0.3, 0.4) is 0 Å². The molecule has 0 aromatic heterocycles. The van der Waals surface area contributed by atoms with Crippen LogP contribution in [-0.4, -0.2) is 26.1 Å². The summed E-state index contributed by atoms with van der Waals surface area (Å²) in [7, 11) is -10.5. The van der Waals surface area contributed by atoms with Gasteiger partial charge >= 0.3 is 4.71 Å². The molecule has 11 heteroatoms. The number of alkyl halides is 3. The molecule has 0 saturated carbocycles. The van der Waals surface area contributed by atoms with Gasteiger partial charge in [-0.05, 0) is 29.8 Å². The molecule has 0 amide bonds. The molecule has 1 aromatic carbocycles. The van der Waals surface area contributed by atoms with Crippen LogP contribution in [0.25, 0.3) is 0 Å². The summed E-state index contributed by atoms with van der Waals surface area (Å²) in [6.07, 6.45) is 0. The van der Waals surface area contributed by atoms with Crippen molar-refractivity contribution < 1.29 is 34.6 Å².